The summed E-state index contributed by atoms with van der Waals surface area (Å²) in [5.74, 6) is 0.692. The van der Waals surface area contributed by atoms with E-state index in [0.717, 1.165) is 38.5 Å². The zero-order chi connectivity index (χ0) is 15.2. The van der Waals surface area contributed by atoms with E-state index < -0.39 is 0 Å². The van der Waals surface area contributed by atoms with E-state index in [-0.39, 0.29) is 18.2 Å². The van der Waals surface area contributed by atoms with Crippen molar-refractivity contribution in [1.82, 2.24) is 15.6 Å². The molecule has 2 aliphatic rings. The standard InChI is InChI=1S/C17H25N3O2/c21-17(19-13-5-1-2-6-13)20-14-8-10-15(11-9-14)22-16-7-3-4-12-18-16/h3-4,7,12-15H,1-2,5-6,8-11H2,(H2,19,20,21). The van der Waals surface area contributed by atoms with E-state index in [9.17, 15) is 4.79 Å². The molecule has 2 fully saturated rings. The number of hydrogen-bond donors (Lipinski definition) is 2. The topological polar surface area (TPSA) is 63.2 Å². The Labute approximate surface area is 131 Å². The Morgan fingerprint density at radius 2 is 1.68 bits per heavy atom. The highest BCUT2D eigenvalue weighted by Gasteiger charge is 2.25. The van der Waals surface area contributed by atoms with Crippen molar-refractivity contribution >= 4 is 6.03 Å². The van der Waals surface area contributed by atoms with Gasteiger partial charge in [-0.1, -0.05) is 18.9 Å². The van der Waals surface area contributed by atoms with E-state index in [4.69, 9.17) is 4.74 Å². The lowest BCUT2D eigenvalue weighted by Gasteiger charge is -2.29. The molecule has 0 saturated heterocycles. The van der Waals surface area contributed by atoms with Crippen LogP contribution in [0.2, 0.25) is 0 Å². The zero-order valence-electron chi connectivity index (χ0n) is 13.0. The van der Waals surface area contributed by atoms with Crippen molar-refractivity contribution in [3.63, 3.8) is 0 Å². The monoisotopic (exact) mass is 303 g/mol. The summed E-state index contributed by atoms with van der Waals surface area (Å²) in [5, 5.41) is 6.19. The van der Waals surface area contributed by atoms with E-state index in [1.165, 1.54) is 12.8 Å². The van der Waals surface area contributed by atoms with Crippen molar-refractivity contribution in [2.45, 2.75) is 69.6 Å². The molecule has 120 valence electrons. The van der Waals surface area contributed by atoms with Crippen LogP contribution in [0.4, 0.5) is 4.79 Å². The first-order valence-corrected chi connectivity index (χ1v) is 8.44. The number of nitrogens with one attached hydrogen (secondary N) is 2. The minimum Gasteiger partial charge on any atom is -0.474 e. The van der Waals surface area contributed by atoms with Crippen molar-refractivity contribution in [3.8, 4) is 5.88 Å². The van der Waals surface area contributed by atoms with Crippen LogP contribution in [0.5, 0.6) is 5.88 Å². The zero-order valence-corrected chi connectivity index (χ0v) is 13.0. The van der Waals surface area contributed by atoms with Gasteiger partial charge in [-0.15, -0.1) is 0 Å². The molecule has 0 aromatic carbocycles. The molecule has 1 heterocycles. The van der Waals surface area contributed by atoms with Crippen LogP contribution in [0.1, 0.15) is 51.4 Å². The van der Waals surface area contributed by atoms with Gasteiger partial charge < -0.3 is 15.4 Å². The van der Waals surface area contributed by atoms with Gasteiger partial charge in [0.1, 0.15) is 6.10 Å². The van der Waals surface area contributed by atoms with Gasteiger partial charge in [0.05, 0.1) is 0 Å². The van der Waals surface area contributed by atoms with Gasteiger partial charge in [0.15, 0.2) is 0 Å². The van der Waals surface area contributed by atoms with Gasteiger partial charge in [-0.3, -0.25) is 0 Å². The molecule has 2 N–H and O–H groups in total. The number of nitrogens with zero attached hydrogens (tertiary/aromatic N) is 1. The molecule has 22 heavy (non-hydrogen) atoms. The molecule has 2 aliphatic carbocycles. The fraction of sp³-hybridized carbons (Fsp3) is 0.647. The molecular weight excluding hydrogens is 278 g/mol. The summed E-state index contributed by atoms with van der Waals surface area (Å²) in [6.45, 7) is 0. The van der Waals surface area contributed by atoms with E-state index in [1.54, 1.807) is 6.20 Å². The number of hydrogen-bond acceptors (Lipinski definition) is 3. The van der Waals surface area contributed by atoms with Crippen molar-refractivity contribution in [2.24, 2.45) is 0 Å². The Bertz CT molecular complexity index is 466. The van der Waals surface area contributed by atoms with Crippen molar-refractivity contribution in [1.29, 1.82) is 0 Å². The van der Waals surface area contributed by atoms with Crippen LogP contribution in [0.15, 0.2) is 24.4 Å². The molecule has 3 rings (SSSR count). The number of amides is 2. The summed E-state index contributed by atoms with van der Waals surface area (Å²) in [5.41, 5.74) is 0. The van der Waals surface area contributed by atoms with Crippen molar-refractivity contribution < 1.29 is 9.53 Å². The molecule has 0 bridgehead atoms. The molecule has 0 spiro atoms. The van der Waals surface area contributed by atoms with Gasteiger partial charge in [0.2, 0.25) is 5.88 Å². The Morgan fingerprint density at radius 3 is 2.32 bits per heavy atom. The maximum Gasteiger partial charge on any atom is 0.315 e. The summed E-state index contributed by atoms with van der Waals surface area (Å²) in [6, 6.07) is 6.36. The quantitative estimate of drug-likeness (QED) is 0.898. The predicted molar refractivity (Wildman–Crippen MR) is 84.8 cm³/mol. The summed E-state index contributed by atoms with van der Waals surface area (Å²) in [6.07, 6.45) is 10.5. The average Bonchev–Trinajstić information content (AvgIpc) is 3.03. The third-order valence-electron chi connectivity index (χ3n) is 4.62. The minimum atomic E-state index is 0.000921. The first-order valence-electron chi connectivity index (χ1n) is 8.44. The fourth-order valence-corrected chi connectivity index (χ4v) is 3.40. The average molecular weight is 303 g/mol. The third-order valence-corrected chi connectivity index (χ3v) is 4.62. The summed E-state index contributed by atoms with van der Waals surface area (Å²) in [7, 11) is 0. The van der Waals surface area contributed by atoms with Crippen molar-refractivity contribution in [3.05, 3.63) is 24.4 Å². The van der Waals surface area contributed by atoms with E-state index >= 15 is 0 Å². The number of ether oxygens (including phenoxy) is 1. The van der Waals surface area contributed by atoms with Crippen LogP contribution >= 0.6 is 0 Å². The second-order valence-corrected chi connectivity index (χ2v) is 6.36. The fourth-order valence-electron chi connectivity index (χ4n) is 3.40. The Morgan fingerprint density at radius 1 is 1.00 bits per heavy atom. The molecule has 1 aromatic rings. The maximum absolute atomic E-state index is 12.0. The third kappa shape index (κ3) is 4.36. The lowest BCUT2D eigenvalue weighted by atomic mass is 9.93. The van der Waals surface area contributed by atoms with Gasteiger partial charge >= 0.3 is 6.03 Å². The van der Waals surface area contributed by atoms with Crippen LogP contribution in [0.25, 0.3) is 0 Å². The molecule has 0 radical (unpaired) electrons. The highest BCUT2D eigenvalue weighted by Crippen LogP contribution is 2.23. The van der Waals surface area contributed by atoms with Gasteiger partial charge in [-0.25, -0.2) is 9.78 Å². The molecule has 2 amide bonds. The number of rotatable bonds is 4. The Kier molecular flexibility index (Phi) is 5.14. The number of carbonyl (C=O) groups is 1. The summed E-state index contributed by atoms with van der Waals surface area (Å²) in [4.78, 5) is 16.2. The summed E-state index contributed by atoms with van der Waals surface area (Å²) < 4.78 is 5.88. The van der Waals surface area contributed by atoms with Crippen molar-refractivity contribution in [2.75, 3.05) is 0 Å². The van der Waals surface area contributed by atoms with E-state index in [2.05, 4.69) is 15.6 Å². The maximum atomic E-state index is 12.0. The molecule has 1 aromatic heterocycles. The second kappa shape index (κ2) is 7.47. The molecular formula is C17H25N3O2. The van der Waals surface area contributed by atoms with E-state index in [1.807, 2.05) is 18.2 Å². The van der Waals surface area contributed by atoms with Crippen LogP contribution < -0.4 is 15.4 Å². The predicted octanol–water partition coefficient (Wildman–Crippen LogP) is 3.01. The lowest BCUT2D eigenvalue weighted by Crippen LogP contribution is -2.47. The van der Waals surface area contributed by atoms with Gasteiger partial charge in [-0.05, 0) is 44.6 Å². The van der Waals surface area contributed by atoms with Gasteiger partial charge in [-0.2, -0.15) is 0 Å². The lowest BCUT2D eigenvalue weighted by molar-refractivity contribution is 0.134. The minimum absolute atomic E-state index is 0.000921. The first kappa shape index (κ1) is 15.1. The Hall–Kier alpha value is -1.78. The normalized spacial score (nSPS) is 25.6. The molecule has 0 atom stereocenters. The highest BCUT2D eigenvalue weighted by atomic mass is 16.5. The largest absolute Gasteiger partial charge is 0.474 e. The van der Waals surface area contributed by atoms with Crippen LogP contribution in [-0.4, -0.2) is 29.2 Å². The van der Waals surface area contributed by atoms with Crippen LogP contribution in [-0.2, 0) is 0 Å². The van der Waals surface area contributed by atoms with E-state index in [0.29, 0.717) is 11.9 Å². The van der Waals surface area contributed by atoms with Crippen LogP contribution in [0.3, 0.4) is 0 Å². The SMILES string of the molecule is O=C(NC1CCCC1)NC1CCC(Oc2ccccn2)CC1. The highest BCUT2D eigenvalue weighted by molar-refractivity contribution is 5.74. The van der Waals surface area contributed by atoms with Gasteiger partial charge in [0, 0.05) is 24.3 Å². The number of urea groups is 1. The molecule has 0 unspecified atom stereocenters. The molecule has 2 saturated carbocycles. The smallest absolute Gasteiger partial charge is 0.315 e. The number of carbonyl (C=O) groups excluding carboxylic acids is 1. The number of aromatic nitrogens is 1. The summed E-state index contributed by atoms with van der Waals surface area (Å²) >= 11 is 0. The molecule has 0 aliphatic heterocycles. The molecule has 5 nitrogen and oxygen atoms in total. The number of pyridine rings is 1. The Balaban J connectivity index is 1.37. The first-order chi connectivity index (χ1) is 10.8. The van der Waals surface area contributed by atoms with Crippen LogP contribution in [0, 0.1) is 0 Å². The molecule has 5 heteroatoms. The van der Waals surface area contributed by atoms with Gasteiger partial charge in [0.25, 0.3) is 0 Å². The second-order valence-electron chi connectivity index (χ2n) is 6.36.